The van der Waals surface area contributed by atoms with Crippen LogP contribution in [0.4, 0.5) is 11.4 Å². The van der Waals surface area contributed by atoms with Crippen molar-refractivity contribution in [3.63, 3.8) is 0 Å². The summed E-state index contributed by atoms with van der Waals surface area (Å²) in [6.45, 7) is 6.35. The van der Waals surface area contributed by atoms with E-state index in [0.717, 1.165) is 48.4 Å². The first-order valence-corrected chi connectivity index (χ1v) is 8.74. The molecule has 128 valence electrons. The van der Waals surface area contributed by atoms with E-state index in [1.54, 1.807) is 0 Å². The van der Waals surface area contributed by atoms with E-state index in [0.29, 0.717) is 0 Å². The second-order valence-electron chi connectivity index (χ2n) is 6.27. The Morgan fingerprint density at radius 2 is 1.04 bits per heavy atom. The van der Waals surface area contributed by atoms with E-state index < -0.39 is 0 Å². The molecule has 0 bridgehead atoms. The van der Waals surface area contributed by atoms with Crippen LogP contribution in [0, 0.1) is 0 Å². The molecule has 0 heterocycles. The van der Waals surface area contributed by atoms with Crippen molar-refractivity contribution < 1.29 is 4.79 Å². The Balaban J connectivity index is 2.11. The average molecular weight is 324 g/mol. The zero-order valence-electron chi connectivity index (χ0n) is 15.2. The number of rotatable bonds is 8. The maximum absolute atomic E-state index is 12.6. The van der Waals surface area contributed by atoms with Crippen LogP contribution >= 0.6 is 0 Å². The minimum absolute atomic E-state index is 0.0735. The van der Waals surface area contributed by atoms with E-state index in [9.17, 15) is 4.79 Å². The molecule has 24 heavy (non-hydrogen) atoms. The highest BCUT2D eigenvalue weighted by Crippen LogP contribution is 2.19. The van der Waals surface area contributed by atoms with Crippen molar-refractivity contribution in [3.05, 3.63) is 59.7 Å². The van der Waals surface area contributed by atoms with Gasteiger partial charge >= 0.3 is 0 Å². The third-order valence-electron chi connectivity index (χ3n) is 4.26. The van der Waals surface area contributed by atoms with Gasteiger partial charge in [-0.25, -0.2) is 0 Å². The number of benzene rings is 2. The highest BCUT2D eigenvalue weighted by Gasteiger charge is 2.10. The number of anilines is 2. The molecule has 0 atom stereocenters. The van der Waals surface area contributed by atoms with Gasteiger partial charge in [0, 0.05) is 49.7 Å². The quantitative estimate of drug-likeness (QED) is 0.663. The Hall–Kier alpha value is -2.29. The molecule has 2 aromatic carbocycles. The second kappa shape index (κ2) is 8.53. The lowest BCUT2D eigenvalue weighted by molar-refractivity contribution is 0.103. The fourth-order valence-corrected chi connectivity index (χ4v) is 2.83. The average Bonchev–Trinajstić information content (AvgIpc) is 2.62. The summed E-state index contributed by atoms with van der Waals surface area (Å²) in [6.07, 6.45) is 2.21. The first kappa shape index (κ1) is 18.1. The summed E-state index contributed by atoms with van der Waals surface area (Å²) in [6, 6.07) is 15.8. The van der Waals surface area contributed by atoms with Crippen molar-refractivity contribution in [2.75, 3.05) is 37.0 Å². The third kappa shape index (κ3) is 4.38. The molecule has 0 unspecified atom stereocenters. The molecule has 3 heteroatoms. The van der Waals surface area contributed by atoms with Gasteiger partial charge in [0.05, 0.1) is 0 Å². The molecule has 0 saturated carbocycles. The van der Waals surface area contributed by atoms with Crippen LogP contribution in [0.3, 0.4) is 0 Å². The summed E-state index contributed by atoms with van der Waals surface area (Å²) in [5, 5.41) is 0. The van der Waals surface area contributed by atoms with Gasteiger partial charge in [-0.2, -0.15) is 0 Å². The van der Waals surface area contributed by atoms with Gasteiger partial charge in [-0.05, 0) is 61.4 Å². The van der Waals surface area contributed by atoms with E-state index >= 15 is 0 Å². The van der Waals surface area contributed by atoms with Gasteiger partial charge in [0.2, 0.25) is 0 Å². The summed E-state index contributed by atoms with van der Waals surface area (Å²) in [5.41, 5.74) is 3.76. The Labute approximate surface area is 145 Å². The minimum Gasteiger partial charge on any atom is -0.375 e. The molecule has 3 nitrogen and oxygen atoms in total. The van der Waals surface area contributed by atoms with Gasteiger partial charge in [0.25, 0.3) is 0 Å². The lowest BCUT2D eigenvalue weighted by atomic mass is 10.0. The predicted octanol–water partition coefficient (Wildman–Crippen LogP) is 4.61. The second-order valence-corrected chi connectivity index (χ2v) is 6.27. The Morgan fingerprint density at radius 3 is 1.33 bits per heavy atom. The van der Waals surface area contributed by atoms with Crippen molar-refractivity contribution in [2.45, 2.75) is 26.7 Å². The summed E-state index contributed by atoms with van der Waals surface area (Å²) < 4.78 is 0. The normalized spacial score (nSPS) is 10.5. The van der Waals surface area contributed by atoms with Crippen LogP contribution in [0.25, 0.3) is 0 Å². The first-order chi connectivity index (χ1) is 11.6. The predicted molar refractivity (Wildman–Crippen MR) is 103 cm³/mol. The number of ketones is 1. The summed E-state index contributed by atoms with van der Waals surface area (Å²) in [5.74, 6) is 0.0735. The Morgan fingerprint density at radius 1 is 0.708 bits per heavy atom. The number of nitrogens with zero attached hydrogens (tertiary/aromatic N) is 2. The molecule has 0 aliphatic carbocycles. The van der Waals surface area contributed by atoms with Crippen LogP contribution < -0.4 is 9.80 Å². The molecular formula is C21H28N2O. The summed E-state index contributed by atoms with van der Waals surface area (Å²) in [7, 11) is 4.15. The van der Waals surface area contributed by atoms with Gasteiger partial charge in [-0.15, -0.1) is 0 Å². The van der Waals surface area contributed by atoms with Gasteiger partial charge in [0.1, 0.15) is 0 Å². The van der Waals surface area contributed by atoms with Crippen LogP contribution in [0.1, 0.15) is 42.6 Å². The molecule has 0 fully saturated rings. The summed E-state index contributed by atoms with van der Waals surface area (Å²) in [4.78, 5) is 17.0. The minimum atomic E-state index is 0.0735. The van der Waals surface area contributed by atoms with Crippen LogP contribution in [-0.2, 0) is 0 Å². The van der Waals surface area contributed by atoms with Crippen molar-refractivity contribution in [3.8, 4) is 0 Å². The lowest BCUT2D eigenvalue weighted by Gasteiger charge is -2.19. The van der Waals surface area contributed by atoms with Crippen LogP contribution in [0.5, 0.6) is 0 Å². The molecule has 0 spiro atoms. The maximum Gasteiger partial charge on any atom is 0.193 e. The van der Waals surface area contributed by atoms with E-state index in [1.165, 1.54) is 0 Å². The van der Waals surface area contributed by atoms with Gasteiger partial charge < -0.3 is 9.80 Å². The van der Waals surface area contributed by atoms with E-state index in [2.05, 4.69) is 37.7 Å². The molecule has 0 N–H and O–H groups in total. The van der Waals surface area contributed by atoms with E-state index in [4.69, 9.17) is 0 Å². The Bertz CT molecular complexity index is 589. The van der Waals surface area contributed by atoms with Crippen molar-refractivity contribution >= 4 is 17.2 Å². The molecule has 2 aromatic rings. The lowest BCUT2D eigenvalue weighted by Crippen LogP contribution is -2.18. The molecule has 0 aliphatic rings. The van der Waals surface area contributed by atoms with Crippen molar-refractivity contribution in [2.24, 2.45) is 0 Å². The number of hydrogen-bond donors (Lipinski definition) is 0. The number of hydrogen-bond acceptors (Lipinski definition) is 3. The molecule has 0 saturated heterocycles. The van der Waals surface area contributed by atoms with E-state index in [-0.39, 0.29) is 5.78 Å². The van der Waals surface area contributed by atoms with Gasteiger partial charge in [-0.3, -0.25) is 4.79 Å². The van der Waals surface area contributed by atoms with Crippen molar-refractivity contribution in [1.29, 1.82) is 0 Å². The van der Waals surface area contributed by atoms with Crippen LogP contribution in [0.15, 0.2) is 48.5 Å². The first-order valence-electron chi connectivity index (χ1n) is 8.74. The van der Waals surface area contributed by atoms with Gasteiger partial charge in [0.15, 0.2) is 5.78 Å². The highest BCUT2D eigenvalue weighted by molar-refractivity contribution is 6.09. The molecular weight excluding hydrogens is 296 g/mol. The summed E-state index contributed by atoms with van der Waals surface area (Å²) >= 11 is 0. The van der Waals surface area contributed by atoms with Crippen molar-refractivity contribution in [1.82, 2.24) is 0 Å². The fourth-order valence-electron chi connectivity index (χ4n) is 2.83. The highest BCUT2D eigenvalue weighted by atomic mass is 16.1. The maximum atomic E-state index is 12.6. The Kier molecular flexibility index (Phi) is 6.42. The van der Waals surface area contributed by atoms with Gasteiger partial charge in [-0.1, -0.05) is 13.8 Å². The molecule has 0 amide bonds. The third-order valence-corrected chi connectivity index (χ3v) is 4.26. The number of carbonyl (C=O) groups excluding carboxylic acids is 1. The fraction of sp³-hybridized carbons (Fsp3) is 0.381. The zero-order valence-corrected chi connectivity index (χ0v) is 15.2. The molecule has 0 aliphatic heterocycles. The SMILES string of the molecule is CCCN(C)c1ccc(C(=O)c2ccc(N(C)CCC)cc2)cc1. The molecule has 0 radical (unpaired) electrons. The monoisotopic (exact) mass is 324 g/mol. The standard InChI is InChI=1S/C21H28N2O/c1-5-15-22(3)19-11-7-17(8-12-19)21(24)18-9-13-20(14-10-18)23(4)16-6-2/h7-14H,5-6,15-16H2,1-4H3. The van der Waals surface area contributed by atoms with Crippen LogP contribution in [0.2, 0.25) is 0 Å². The van der Waals surface area contributed by atoms with Crippen LogP contribution in [-0.4, -0.2) is 33.0 Å². The van der Waals surface area contributed by atoms with E-state index in [1.807, 2.05) is 48.5 Å². The smallest absolute Gasteiger partial charge is 0.193 e. The zero-order chi connectivity index (χ0) is 17.5. The topological polar surface area (TPSA) is 23.6 Å². The largest absolute Gasteiger partial charge is 0.375 e. The number of carbonyl (C=O) groups is 1. The molecule has 0 aromatic heterocycles. The molecule has 2 rings (SSSR count).